The Kier molecular flexibility index (Phi) is 8.79. The molecule has 0 unspecified atom stereocenters. The number of amides is 1. The van der Waals surface area contributed by atoms with Gasteiger partial charge in [-0.05, 0) is 86.6 Å². The van der Waals surface area contributed by atoms with E-state index in [9.17, 15) is 13.2 Å². The summed E-state index contributed by atoms with van der Waals surface area (Å²) >= 11 is 9.58. The molecule has 0 fully saturated rings. The number of halogens is 2. The Morgan fingerprint density at radius 3 is 2.41 bits per heavy atom. The third-order valence-corrected chi connectivity index (χ3v) is 8.53. The van der Waals surface area contributed by atoms with Gasteiger partial charge in [0.2, 0.25) is 0 Å². The van der Waals surface area contributed by atoms with Gasteiger partial charge < -0.3 is 9.30 Å². The molecule has 3 aromatic carbocycles. The largest absolute Gasteiger partial charge is 0.497 e. The van der Waals surface area contributed by atoms with Gasteiger partial charge in [0.25, 0.3) is 15.9 Å². The second-order valence-electron chi connectivity index (χ2n) is 8.60. The number of sulfonamides is 1. The van der Waals surface area contributed by atoms with Gasteiger partial charge in [-0.2, -0.15) is 5.10 Å². The fourth-order valence-corrected chi connectivity index (χ4v) is 5.93. The van der Waals surface area contributed by atoms with Crippen molar-refractivity contribution in [3.63, 3.8) is 0 Å². The molecule has 202 valence electrons. The molecule has 1 heterocycles. The van der Waals surface area contributed by atoms with Crippen molar-refractivity contribution in [3.05, 3.63) is 105 Å². The molecule has 0 saturated carbocycles. The maximum absolute atomic E-state index is 13.5. The van der Waals surface area contributed by atoms with Crippen LogP contribution in [0.2, 0.25) is 5.02 Å². The summed E-state index contributed by atoms with van der Waals surface area (Å²) in [5.74, 6) is -0.111. The Balaban J connectivity index is 1.55. The summed E-state index contributed by atoms with van der Waals surface area (Å²) in [6, 6.07) is 22.1. The summed E-state index contributed by atoms with van der Waals surface area (Å²) in [4.78, 5) is 12.9. The van der Waals surface area contributed by atoms with Crippen LogP contribution in [-0.2, 0) is 14.8 Å². The predicted molar refractivity (Wildman–Crippen MR) is 158 cm³/mol. The number of hydrazone groups is 1. The number of rotatable bonds is 9. The number of nitrogens with zero attached hydrogens (tertiary/aromatic N) is 3. The van der Waals surface area contributed by atoms with Crippen LogP contribution in [0.3, 0.4) is 0 Å². The van der Waals surface area contributed by atoms with Crippen molar-refractivity contribution in [2.24, 2.45) is 5.10 Å². The van der Waals surface area contributed by atoms with Crippen LogP contribution in [0.15, 0.2) is 93.3 Å². The first-order chi connectivity index (χ1) is 18.6. The fourth-order valence-electron chi connectivity index (χ4n) is 4.07. The van der Waals surface area contributed by atoms with Gasteiger partial charge in [-0.1, -0.05) is 33.6 Å². The van der Waals surface area contributed by atoms with Crippen LogP contribution < -0.4 is 14.5 Å². The zero-order valence-electron chi connectivity index (χ0n) is 21.4. The average molecular weight is 630 g/mol. The molecule has 1 aromatic heterocycles. The molecule has 1 N–H and O–H groups in total. The van der Waals surface area contributed by atoms with Crippen molar-refractivity contribution in [3.8, 4) is 11.4 Å². The molecular weight excluding hydrogens is 604 g/mol. The number of carbonyl (C=O) groups is 1. The minimum atomic E-state index is -4.11. The second kappa shape index (κ2) is 12.1. The quantitative estimate of drug-likeness (QED) is 0.185. The Hall–Kier alpha value is -3.60. The van der Waals surface area contributed by atoms with E-state index in [1.807, 2.05) is 44.2 Å². The maximum atomic E-state index is 13.5. The molecule has 4 rings (SSSR count). The van der Waals surface area contributed by atoms with Gasteiger partial charge in [0.15, 0.2) is 0 Å². The standard InChI is InChI=1S/C28H26BrClN4O4S/c1-19-15-21(20(2)34(19)24-9-7-22(29)8-10-24)17-31-32-28(35)18-33(25-6-4-5-23(30)16-25)39(36,37)27-13-11-26(38-3)12-14-27/h4-17H,18H2,1-3H3,(H,32,35)/b31-17-. The average Bonchev–Trinajstić information content (AvgIpc) is 3.20. The van der Waals surface area contributed by atoms with Crippen LogP contribution in [0, 0.1) is 13.8 Å². The molecule has 4 aromatic rings. The molecule has 0 saturated heterocycles. The highest BCUT2D eigenvalue weighted by molar-refractivity contribution is 9.10. The van der Waals surface area contributed by atoms with Crippen LogP contribution in [0.25, 0.3) is 5.69 Å². The molecule has 0 atom stereocenters. The lowest BCUT2D eigenvalue weighted by molar-refractivity contribution is -0.119. The zero-order chi connectivity index (χ0) is 28.2. The van der Waals surface area contributed by atoms with E-state index in [1.54, 1.807) is 18.2 Å². The predicted octanol–water partition coefficient (Wildman–Crippen LogP) is 5.86. The van der Waals surface area contributed by atoms with E-state index in [4.69, 9.17) is 16.3 Å². The van der Waals surface area contributed by atoms with Crippen LogP contribution in [0.4, 0.5) is 5.69 Å². The number of methoxy groups -OCH3 is 1. The monoisotopic (exact) mass is 628 g/mol. The van der Waals surface area contributed by atoms with Crippen LogP contribution in [0.5, 0.6) is 5.75 Å². The van der Waals surface area contributed by atoms with Gasteiger partial charge in [0, 0.05) is 32.1 Å². The van der Waals surface area contributed by atoms with Gasteiger partial charge in [-0.3, -0.25) is 9.10 Å². The molecule has 39 heavy (non-hydrogen) atoms. The summed E-state index contributed by atoms with van der Waals surface area (Å²) in [5.41, 5.74) is 6.44. The van der Waals surface area contributed by atoms with E-state index in [2.05, 4.69) is 31.0 Å². The molecule has 0 aliphatic carbocycles. The Morgan fingerprint density at radius 1 is 1.08 bits per heavy atom. The SMILES string of the molecule is COc1ccc(S(=O)(=O)N(CC(=O)N/N=C\c2cc(C)n(-c3ccc(Br)cc3)c2C)c2cccc(Cl)c2)cc1. The number of carbonyl (C=O) groups excluding carboxylic acids is 1. The summed E-state index contributed by atoms with van der Waals surface area (Å²) in [5, 5.41) is 4.43. The minimum absolute atomic E-state index is 0.0000387. The number of hydrogen-bond donors (Lipinski definition) is 1. The minimum Gasteiger partial charge on any atom is -0.497 e. The van der Waals surface area contributed by atoms with Gasteiger partial charge in [0.1, 0.15) is 12.3 Å². The molecule has 1 amide bonds. The van der Waals surface area contributed by atoms with E-state index in [1.165, 1.54) is 43.7 Å². The lowest BCUT2D eigenvalue weighted by Gasteiger charge is -2.24. The van der Waals surface area contributed by atoms with Gasteiger partial charge in [0.05, 0.1) is 23.9 Å². The Labute approximate surface area is 241 Å². The highest BCUT2D eigenvalue weighted by Gasteiger charge is 2.27. The third-order valence-electron chi connectivity index (χ3n) is 5.98. The van der Waals surface area contributed by atoms with E-state index in [0.717, 1.165) is 31.4 Å². The molecule has 8 nitrogen and oxygen atoms in total. The number of nitrogens with one attached hydrogen (secondary N) is 1. The summed E-state index contributed by atoms with van der Waals surface area (Å²) in [7, 11) is -2.62. The lowest BCUT2D eigenvalue weighted by atomic mass is 10.2. The van der Waals surface area contributed by atoms with Gasteiger partial charge in [-0.15, -0.1) is 0 Å². The molecule has 0 radical (unpaired) electrons. The topological polar surface area (TPSA) is 93.0 Å². The number of aryl methyl sites for hydroxylation is 1. The summed E-state index contributed by atoms with van der Waals surface area (Å²) in [6.45, 7) is 3.43. The summed E-state index contributed by atoms with van der Waals surface area (Å²) in [6.07, 6.45) is 1.54. The van der Waals surface area contributed by atoms with E-state index in [0.29, 0.717) is 10.8 Å². The van der Waals surface area contributed by atoms with Crippen molar-refractivity contribution in [1.82, 2.24) is 9.99 Å². The Morgan fingerprint density at radius 2 is 1.77 bits per heavy atom. The molecule has 0 aliphatic heterocycles. The highest BCUT2D eigenvalue weighted by Crippen LogP contribution is 2.27. The van der Waals surface area contributed by atoms with Gasteiger partial charge >= 0.3 is 0 Å². The van der Waals surface area contributed by atoms with E-state index < -0.39 is 22.5 Å². The zero-order valence-corrected chi connectivity index (χ0v) is 24.6. The number of benzene rings is 3. The number of aromatic nitrogens is 1. The fraction of sp³-hybridized carbons (Fsp3) is 0.143. The normalized spacial score (nSPS) is 11.5. The van der Waals surface area contributed by atoms with Crippen LogP contribution in [0.1, 0.15) is 17.0 Å². The molecular formula is C28H26BrClN4O4S. The second-order valence-corrected chi connectivity index (χ2v) is 11.8. The smallest absolute Gasteiger partial charge is 0.264 e. The first-order valence-corrected chi connectivity index (χ1v) is 14.4. The van der Waals surface area contributed by atoms with Crippen molar-refractivity contribution in [1.29, 1.82) is 0 Å². The summed E-state index contributed by atoms with van der Waals surface area (Å²) < 4.78 is 36.2. The number of hydrogen-bond acceptors (Lipinski definition) is 5. The van der Waals surface area contributed by atoms with E-state index in [-0.39, 0.29) is 10.6 Å². The van der Waals surface area contributed by atoms with Gasteiger partial charge in [-0.25, -0.2) is 13.8 Å². The highest BCUT2D eigenvalue weighted by atomic mass is 79.9. The van der Waals surface area contributed by atoms with Crippen molar-refractivity contribution < 1.29 is 17.9 Å². The Bertz CT molecular complexity index is 1620. The van der Waals surface area contributed by atoms with E-state index >= 15 is 0 Å². The van der Waals surface area contributed by atoms with Crippen molar-refractivity contribution in [2.45, 2.75) is 18.7 Å². The first kappa shape index (κ1) is 28.4. The molecule has 0 spiro atoms. The third kappa shape index (κ3) is 6.52. The van der Waals surface area contributed by atoms with Crippen LogP contribution in [-0.4, -0.2) is 38.8 Å². The number of anilines is 1. The first-order valence-electron chi connectivity index (χ1n) is 11.8. The molecule has 0 bridgehead atoms. The van der Waals surface area contributed by atoms with Crippen molar-refractivity contribution >= 4 is 55.4 Å². The maximum Gasteiger partial charge on any atom is 0.264 e. The molecule has 0 aliphatic rings. The number of ether oxygens (including phenoxy) is 1. The lowest BCUT2D eigenvalue weighted by Crippen LogP contribution is -2.39. The van der Waals surface area contributed by atoms with Crippen LogP contribution >= 0.6 is 27.5 Å². The van der Waals surface area contributed by atoms with Crippen molar-refractivity contribution in [2.75, 3.05) is 18.0 Å². The molecule has 11 heteroatoms.